The molecule has 170 valence electrons. The first-order valence-electron chi connectivity index (χ1n) is 11.7. The van der Waals surface area contributed by atoms with Crippen molar-refractivity contribution < 1.29 is 9.53 Å². The summed E-state index contributed by atoms with van der Waals surface area (Å²) in [6.45, 7) is 0. The van der Waals surface area contributed by atoms with Crippen LogP contribution in [0.1, 0.15) is 60.5 Å². The van der Waals surface area contributed by atoms with Gasteiger partial charge in [-0.05, 0) is 67.1 Å². The molecule has 0 radical (unpaired) electrons. The van der Waals surface area contributed by atoms with Gasteiger partial charge in [0.1, 0.15) is 5.75 Å². The maximum Gasteiger partial charge on any atom is 0.229 e. The predicted octanol–water partition coefficient (Wildman–Crippen LogP) is 6.24. The zero-order valence-electron chi connectivity index (χ0n) is 18.9. The van der Waals surface area contributed by atoms with Gasteiger partial charge >= 0.3 is 0 Å². The van der Waals surface area contributed by atoms with Crippen LogP contribution in [0, 0.1) is 0 Å². The second-order valence-corrected chi connectivity index (χ2v) is 9.88. The van der Waals surface area contributed by atoms with Crippen molar-refractivity contribution >= 4 is 27.7 Å². The van der Waals surface area contributed by atoms with E-state index in [2.05, 4.69) is 33.4 Å². The van der Waals surface area contributed by atoms with E-state index in [1.165, 1.54) is 24.8 Å². The number of hydrogen-bond donors (Lipinski definition) is 1. The van der Waals surface area contributed by atoms with Gasteiger partial charge in [-0.1, -0.05) is 47.3 Å². The number of fused-ring (bicyclic) bond motifs is 3. The highest BCUT2D eigenvalue weighted by Crippen LogP contribution is 2.39. The number of methoxy groups -OCH3 is 1. The zero-order valence-corrected chi connectivity index (χ0v) is 20.5. The van der Waals surface area contributed by atoms with Crippen molar-refractivity contribution in [2.24, 2.45) is 0 Å². The molecule has 2 aliphatic rings. The third kappa shape index (κ3) is 4.81. The molecular formula is C27H28BrN3O2. The van der Waals surface area contributed by atoms with Gasteiger partial charge in [-0.3, -0.25) is 4.79 Å². The average Bonchev–Trinajstić information content (AvgIpc) is 2.85. The Morgan fingerprint density at radius 3 is 2.61 bits per heavy atom. The largest absolute Gasteiger partial charge is 0.497 e. The van der Waals surface area contributed by atoms with Crippen LogP contribution >= 0.6 is 15.9 Å². The van der Waals surface area contributed by atoms with Gasteiger partial charge in [-0.25, -0.2) is 9.97 Å². The zero-order chi connectivity index (χ0) is 22.8. The molecule has 0 spiro atoms. The lowest BCUT2D eigenvalue weighted by molar-refractivity contribution is -0.115. The van der Waals surface area contributed by atoms with Crippen LogP contribution in [-0.2, 0) is 24.1 Å². The molecule has 1 fully saturated rings. The predicted molar refractivity (Wildman–Crippen MR) is 134 cm³/mol. The van der Waals surface area contributed by atoms with Crippen molar-refractivity contribution in [2.45, 2.75) is 57.3 Å². The molecule has 3 aromatic rings. The van der Waals surface area contributed by atoms with E-state index in [0.717, 1.165) is 64.1 Å². The van der Waals surface area contributed by atoms with Crippen molar-refractivity contribution in [2.75, 3.05) is 12.4 Å². The lowest BCUT2D eigenvalue weighted by atomic mass is 9.85. The number of aromatic nitrogens is 2. The van der Waals surface area contributed by atoms with E-state index in [4.69, 9.17) is 14.7 Å². The molecule has 1 amide bonds. The van der Waals surface area contributed by atoms with Crippen LogP contribution in [-0.4, -0.2) is 23.0 Å². The molecule has 1 aromatic heterocycles. The van der Waals surface area contributed by atoms with Crippen molar-refractivity contribution in [3.05, 3.63) is 69.5 Å². The fourth-order valence-electron chi connectivity index (χ4n) is 4.98. The van der Waals surface area contributed by atoms with Crippen LogP contribution in [0.5, 0.6) is 5.75 Å². The average molecular weight is 506 g/mol. The smallest absolute Gasteiger partial charge is 0.229 e. The van der Waals surface area contributed by atoms with E-state index < -0.39 is 0 Å². The number of anilines is 1. The Hall–Kier alpha value is -2.73. The minimum absolute atomic E-state index is 0.0513. The Balaban J connectivity index is 1.49. The second kappa shape index (κ2) is 9.64. The summed E-state index contributed by atoms with van der Waals surface area (Å²) in [6, 6.07) is 14.0. The molecule has 0 unspecified atom stereocenters. The van der Waals surface area contributed by atoms with Crippen molar-refractivity contribution in [3.63, 3.8) is 0 Å². The summed E-state index contributed by atoms with van der Waals surface area (Å²) in [4.78, 5) is 23.1. The summed E-state index contributed by atoms with van der Waals surface area (Å²) in [5, 5.41) is 3.12. The Morgan fingerprint density at radius 1 is 1.06 bits per heavy atom. The van der Waals surface area contributed by atoms with Gasteiger partial charge in [0.15, 0.2) is 5.82 Å². The van der Waals surface area contributed by atoms with Gasteiger partial charge in [0.05, 0.1) is 30.6 Å². The number of hydrogen-bond acceptors (Lipinski definition) is 4. The number of nitrogens with zero attached hydrogens (tertiary/aromatic N) is 2. The molecule has 0 saturated heterocycles. The molecule has 2 aromatic carbocycles. The maximum atomic E-state index is 12.9. The number of amides is 1. The molecule has 1 heterocycles. The fraction of sp³-hybridized carbons (Fsp3) is 0.370. The summed E-state index contributed by atoms with van der Waals surface area (Å²) in [7, 11) is 1.70. The van der Waals surface area contributed by atoms with E-state index in [0.29, 0.717) is 18.2 Å². The van der Waals surface area contributed by atoms with Crippen molar-refractivity contribution in [1.29, 1.82) is 0 Å². The first-order valence-corrected chi connectivity index (χ1v) is 12.5. The molecule has 33 heavy (non-hydrogen) atoms. The molecule has 6 heteroatoms. The SMILES string of the molecule is COc1ccc2c(c1)CCc1nc(NC(=O)Cc3ccc(Br)cc3)c(C3CCCCC3)nc1-2. The number of nitrogens with one attached hydrogen (secondary N) is 1. The van der Waals surface area contributed by atoms with E-state index in [9.17, 15) is 4.79 Å². The van der Waals surface area contributed by atoms with Crippen LogP contribution in [0.25, 0.3) is 11.3 Å². The third-order valence-electron chi connectivity index (χ3n) is 6.72. The summed E-state index contributed by atoms with van der Waals surface area (Å²) < 4.78 is 6.42. The summed E-state index contributed by atoms with van der Waals surface area (Å²) in [5.41, 5.74) is 6.23. The van der Waals surface area contributed by atoms with Crippen molar-refractivity contribution in [1.82, 2.24) is 9.97 Å². The van der Waals surface area contributed by atoms with Gasteiger partial charge in [0, 0.05) is 16.0 Å². The molecule has 1 N–H and O–H groups in total. The van der Waals surface area contributed by atoms with Crippen LogP contribution in [0.3, 0.4) is 0 Å². The molecule has 5 nitrogen and oxygen atoms in total. The fourth-order valence-corrected chi connectivity index (χ4v) is 5.24. The molecule has 2 aliphatic carbocycles. The lowest BCUT2D eigenvalue weighted by Gasteiger charge is -2.26. The Labute approximate surface area is 203 Å². The third-order valence-corrected chi connectivity index (χ3v) is 7.25. The molecule has 0 aliphatic heterocycles. The van der Waals surface area contributed by atoms with Crippen LogP contribution in [0.2, 0.25) is 0 Å². The van der Waals surface area contributed by atoms with Crippen molar-refractivity contribution in [3.8, 4) is 17.0 Å². The Bertz CT molecular complexity index is 1170. The van der Waals surface area contributed by atoms with E-state index in [1.807, 2.05) is 30.3 Å². The van der Waals surface area contributed by atoms with E-state index >= 15 is 0 Å². The normalized spacial score (nSPS) is 15.5. The topological polar surface area (TPSA) is 64.1 Å². The first-order chi connectivity index (χ1) is 16.1. The van der Waals surface area contributed by atoms with E-state index in [1.54, 1.807) is 7.11 Å². The highest BCUT2D eigenvalue weighted by atomic mass is 79.9. The van der Waals surface area contributed by atoms with Gasteiger partial charge in [0.25, 0.3) is 0 Å². The lowest BCUT2D eigenvalue weighted by Crippen LogP contribution is -2.21. The van der Waals surface area contributed by atoms with Crippen LogP contribution < -0.4 is 10.1 Å². The quantitative estimate of drug-likeness (QED) is 0.445. The Morgan fingerprint density at radius 2 is 1.85 bits per heavy atom. The molecule has 1 saturated carbocycles. The number of halogens is 1. The minimum Gasteiger partial charge on any atom is -0.497 e. The number of carbonyl (C=O) groups is 1. The highest BCUT2D eigenvalue weighted by molar-refractivity contribution is 9.10. The summed E-state index contributed by atoms with van der Waals surface area (Å²) in [6.07, 6.45) is 7.87. The van der Waals surface area contributed by atoms with Gasteiger partial charge in [-0.15, -0.1) is 0 Å². The minimum atomic E-state index is -0.0513. The van der Waals surface area contributed by atoms with Gasteiger partial charge < -0.3 is 10.1 Å². The second-order valence-electron chi connectivity index (χ2n) is 8.96. The molecule has 0 atom stereocenters. The number of carbonyl (C=O) groups excluding carboxylic acids is 1. The number of benzene rings is 2. The molecular weight excluding hydrogens is 478 g/mol. The number of ether oxygens (including phenoxy) is 1. The first kappa shape index (κ1) is 22.1. The summed E-state index contributed by atoms with van der Waals surface area (Å²) in [5.74, 6) is 1.81. The van der Waals surface area contributed by atoms with Gasteiger partial charge in [0.2, 0.25) is 5.91 Å². The molecule has 5 rings (SSSR count). The van der Waals surface area contributed by atoms with Crippen LogP contribution in [0.15, 0.2) is 46.9 Å². The number of rotatable bonds is 5. The van der Waals surface area contributed by atoms with Crippen LogP contribution in [0.4, 0.5) is 5.82 Å². The van der Waals surface area contributed by atoms with Gasteiger partial charge in [-0.2, -0.15) is 0 Å². The highest BCUT2D eigenvalue weighted by Gasteiger charge is 2.27. The Kier molecular flexibility index (Phi) is 6.45. The summed E-state index contributed by atoms with van der Waals surface area (Å²) >= 11 is 3.45. The standard InChI is InChI=1S/C27H28BrN3O2/c1-33-21-12-13-22-19(16-21)9-14-23-26(22)31-25(18-5-3-2-4-6-18)27(29-23)30-24(32)15-17-7-10-20(28)11-8-17/h7-8,10-13,16,18H,2-6,9,14-15H2,1H3,(H,29,30,32). The monoisotopic (exact) mass is 505 g/mol. The van der Waals surface area contributed by atoms with E-state index in [-0.39, 0.29) is 5.91 Å². The maximum absolute atomic E-state index is 12.9. The number of aryl methyl sites for hydroxylation is 2. The molecule has 0 bridgehead atoms.